The van der Waals surface area contributed by atoms with Crippen LogP contribution in [-0.4, -0.2) is 35.7 Å². The highest BCUT2D eigenvalue weighted by Gasteiger charge is 2.20. The van der Waals surface area contributed by atoms with Gasteiger partial charge in [-0.15, -0.1) is 0 Å². The van der Waals surface area contributed by atoms with Gasteiger partial charge < -0.3 is 10.4 Å². The Bertz CT molecular complexity index is 361. The van der Waals surface area contributed by atoms with E-state index < -0.39 is 0 Å². The van der Waals surface area contributed by atoms with Crippen molar-refractivity contribution >= 4 is 0 Å². The Hall–Kier alpha value is -1.06. The van der Waals surface area contributed by atoms with Crippen molar-refractivity contribution in [1.82, 2.24) is 10.2 Å². The Morgan fingerprint density at radius 2 is 2.33 bits per heavy atom. The summed E-state index contributed by atoms with van der Waals surface area (Å²) >= 11 is 0. The SMILES string of the molecule is CCCN(Cc1cccc(O)c1)C1CCCNC1. The zero-order chi connectivity index (χ0) is 12.8. The van der Waals surface area contributed by atoms with Gasteiger partial charge in [-0.1, -0.05) is 19.1 Å². The van der Waals surface area contributed by atoms with Crippen LogP contribution in [0.25, 0.3) is 0 Å². The lowest BCUT2D eigenvalue weighted by atomic mass is 10.0. The fourth-order valence-electron chi connectivity index (χ4n) is 2.71. The molecule has 0 aliphatic carbocycles. The molecule has 0 saturated carbocycles. The van der Waals surface area contributed by atoms with Gasteiger partial charge in [0.05, 0.1) is 0 Å². The van der Waals surface area contributed by atoms with E-state index >= 15 is 0 Å². The number of hydrogen-bond donors (Lipinski definition) is 2. The van der Waals surface area contributed by atoms with Crippen LogP contribution in [0.5, 0.6) is 5.75 Å². The maximum Gasteiger partial charge on any atom is 0.115 e. The van der Waals surface area contributed by atoms with Crippen molar-refractivity contribution in [3.8, 4) is 5.75 Å². The summed E-state index contributed by atoms with van der Waals surface area (Å²) < 4.78 is 0. The molecule has 1 aromatic carbocycles. The molecular formula is C15H24N2O. The zero-order valence-corrected chi connectivity index (χ0v) is 11.2. The van der Waals surface area contributed by atoms with E-state index in [1.165, 1.54) is 24.8 Å². The highest BCUT2D eigenvalue weighted by molar-refractivity contribution is 5.27. The van der Waals surface area contributed by atoms with Crippen molar-refractivity contribution in [2.24, 2.45) is 0 Å². The summed E-state index contributed by atoms with van der Waals surface area (Å²) in [5.41, 5.74) is 1.20. The van der Waals surface area contributed by atoms with Gasteiger partial charge in [0.2, 0.25) is 0 Å². The third-order valence-electron chi connectivity index (χ3n) is 3.59. The lowest BCUT2D eigenvalue weighted by Gasteiger charge is -2.34. The summed E-state index contributed by atoms with van der Waals surface area (Å²) in [5, 5.41) is 13.0. The van der Waals surface area contributed by atoms with Gasteiger partial charge in [-0.3, -0.25) is 4.90 Å². The highest BCUT2D eigenvalue weighted by atomic mass is 16.3. The summed E-state index contributed by atoms with van der Waals surface area (Å²) in [5.74, 6) is 0.366. The van der Waals surface area contributed by atoms with Crippen molar-refractivity contribution in [2.45, 2.75) is 38.8 Å². The van der Waals surface area contributed by atoms with Gasteiger partial charge >= 0.3 is 0 Å². The molecule has 0 amide bonds. The Balaban J connectivity index is 2.00. The highest BCUT2D eigenvalue weighted by Crippen LogP contribution is 2.17. The van der Waals surface area contributed by atoms with Gasteiger partial charge in [-0.2, -0.15) is 0 Å². The van der Waals surface area contributed by atoms with E-state index in [0.717, 1.165) is 26.2 Å². The molecule has 18 heavy (non-hydrogen) atoms. The Kier molecular flexibility index (Phi) is 5.02. The largest absolute Gasteiger partial charge is 0.508 e. The van der Waals surface area contributed by atoms with Crippen molar-refractivity contribution in [1.29, 1.82) is 0 Å². The molecule has 2 N–H and O–H groups in total. The predicted molar refractivity (Wildman–Crippen MR) is 74.7 cm³/mol. The van der Waals surface area contributed by atoms with Gasteiger partial charge in [0.25, 0.3) is 0 Å². The molecular weight excluding hydrogens is 224 g/mol. The lowest BCUT2D eigenvalue weighted by molar-refractivity contribution is 0.158. The molecule has 3 heteroatoms. The molecule has 100 valence electrons. The summed E-state index contributed by atoms with van der Waals surface area (Å²) in [6, 6.07) is 8.27. The molecule has 1 aliphatic heterocycles. The van der Waals surface area contributed by atoms with E-state index in [-0.39, 0.29) is 0 Å². The van der Waals surface area contributed by atoms with E-state index in [2.05, 4.69) is 23.2 Å². The minimum absolute atomic E-state index is 0.366. The molecule has 1 fully saturated rings. The number of nitrogens with one attached hydrogen (secondary N) is 1. The first kappa shape index (κ1) is 13.4. The Labute approximate surface area is 110 Å². The van der Waals surface area contributed by atoms with Gasteiger partial charge in [0.1, 0.15) is 5.75 Å². The average molecular weight is 248 g/mol. The minimum Gasteiger partial charge on any atom is -0.508 e. The molecule has 3 nitrogen and oxygen atoms in total. The van der Waals surface area contributed by atoms with Gasteiger partial charge in [-0.25, -0.2) is 0 Å². The van der Waals surface area contributed by atoms with Crippen molar-refractivity contribution < 1.29 is 5.11 Å². The maximum atomic E-state index is 9.54. The first-order chi connectivity index (χ1) is 8.79. The van der Waals surface area contributed by atoms with E-state index in [1.54, 1.807) is 6.07 Å². The molecule has 1 aliphatic rings. The van der Waals surface area contributed by atoms with E-state index in [4.69, 9.17) is 0 Å². The van der Waals surface area contributed by atoms with Crippen LogP contribution in [0.4, 0.5) is 0 Å². The van der Waals surface area contributed by atoms with Crippen molar-refractivity contribution in [3.05, 3.63) is 29.8 Å². The Morgan fingerprint density at radius 3 is 3.00 bits per heavy atom. The second-order valence-electron chi connectivity index (χ2n) is 5.14. The molecule has 1 aromatic rings. The minimum atomic E-state index is 0.366. The third kappa shape index (κ3) is 3.72. The van der Waals surface area contributed by atoms with Crippen molar-refractivity contribution in [2.75, 3.05) is 19.6 Å². The number of piperidine rings is 1. The number of aromatic hydroxyl groups is 1. The van der Waals surface area contributed by atoms with Crippen LogP contribution in [0.3, 0.4) is 0 Å². The average Bonchev–Trinajstić information content (AvgIpc) is 2.39. The monoisotopic (exact) mass is 248 g/mol. The number of rotatable bonds is 5. The quantitative estimate of drug-likeness (QED) is 0.839. The van der Waals surface area contributed by atoms with Crippen molar-refractivity contribution in [3.63, 3.8) is 0 Å². The smallest absolute Gasteiger partial charge is 0.115 e. The fourth-order valence-corrected chi connectivity index (χ4v) is 2.71. The van der Waals surface area contributed by atoms with Gasteiger partial charge in [-0.05, 0) is 50.0 Å². The number of hydrogen-bond acceptors (Lipinski definition) is 3. The fraction of sp³-hybridized carbons (Fsp3) is 0.600. The van der Waals surface area contributed by atoms with Gasteiger partial charge in [0.15, 0.2) is 0 Å². The molecule has 1 unspecified atom stereocenters. The first-order valence-corrected chi connectivity index (χ1v) is 7.02. The lowest BCUT2D eigenvalue weighted by Crippen LogP contribution is -2.45. The number of phenolic OH excluding ortho intramolecular Hbond substituents is 1. The van der Waals surface area contributed by atoms with E-state index in [1.807, 2.05) is 12.1 Å². The Morgan fingerprint density at radius 1 is 1.44 bits per heavy atom. The molecule has 0 aromatic heterocycles. The number of nitrogens with zero attached hydrogens (tertiary/aromatic N) is 1. The van der Waals surface area contributed by atoms with Gasteiger partial charge in [0, 0.05) is 19.1 Å². The van der Waals surface area contributed by atoms with Crippen LogP contribution in [-0.2, 0) is 6.54 Å². The van der Waals surface area contributed by atoms with Crippen LogP contribution < -0.4 is 5.32 Å². The molecule has 2 rings (SSSR count). The number of phenols is 1. The second-order valence-corrected chi connectivity index (χ2v) is 5.14. The van der Waals surface area contributed by atoms with Crippen LogP contribution in [0, 0.1) is 0 Å². The summed E-state index contributed by atoms with van der Waals surface area (Å²) in [7, 11) is 0. The predicted octanol–water partition coefficient (Wildman–Crippen LogP) is 2.36. The van der Waals surface area contributed by atoms with Crippen LogP contribution in [0.2, 0.25) is 0 Å². The molecule has 1 heterocycles. The van der Waals surface area contributed by atoms with E-state index in [0.29, 0.717) is 11.8 Å². The summed E-state index contributed by atoms with van der Waals surface area (Å²) in [6.07, 6.45) is 3.73. The topological polar surface area (TPSA) is 35.5 Å². The maximum absolute atomic E-state index is 9.54. The van der Waals surface area contributed by atoms with Crippen LogP contribution in [0.1, 0.15) is 31.7 Å². The van der Waals surface area contributed by atoms with E-state index in [9.17, 15) is 5.11 Å². The zero-order valence-electron chi connectivity index (χ0n) is 11.2. The molecule has 1 atom stereocenters. The van der Waals surface area contributed by atoms with Crippen LogP contribution >= 0.6 is 0 Å². The molecule has 1 saturated heterocycles. The summed E-state index contributed by atoms with van der Waals surface area (Å²) in [6.45, 7) is 6.55. The summed E-state index contributed by atoms with van der Waals surface area (Å²) in [4.78, 5) is 2.54. The molecule has 0 radical (unpaired) electrons. The standard InChI is InChI=1S/C15H24N2O/c1-2-9-17(14-6-4-8-16-11-14)12-13-5-3-7-15(18)10-13/h3,5,7,10,14,16,18H,2,4,6,8-9,11-12H2,1H3. The molecule has 0 bridgehead atoms. The molecule has 0 spiro atoms. The number of benzene rings is 1. The second kappa shape index (κ2) is 6.76. The van der Waals surface area contributed by atoms with Crippen LogP contribution in [0.15, 0.2) is 24.3 Å². The normalized spacial score (nSPS) is 20.2. The first-order valence-electron chi connectivity index (χ1n) is 7.02. The third-order valence-corrected chi connectivity index (χ3v) is 3.59.